The first-order valence-corrected chi connectivity index (χ1v) is 6.41. The van der Waals surface area contributed by atoms with Gasteiger partial charge in [0.2, 0.25) is 0 Å². The highest BCUT2D eigenvalue weighted by Crippen LogP contribution is 2.43. The van der Waals surface area contributed by atoms with E-state index >= 15 is 0 Å². The Labute approximate surface area is 106 Å². The lowest BCUT2D eigenvalue weighted by atomic mass is 10.1. The minimum atomic E-state index is -0.175. The Morgan fingerprint density at radius 3 is 2.72 bits per heavy atom. The summed E-state index contributed by atoms with van der Waals surface area (Å²) in [5, 5.41) is 0. The molecule has 94 valence electrons. The Morgan fingerprint density at radius 1 is 1.28 bits per heavy atom. The lowest BCUT2D eigenvalue weighted by molar-refractivity contribution is 0.0633. The van der Waals surface area contributed by atoms with Crippen LogP contribution in [0.15, 0.2) is 18.2 Å². The first-order valence-electron chi connectivity index (χ1n) is 6.41. The van der Waals surface area contributed by atoms with Gasteiger partial charge in [0.25, 0.3) is 11.8 Å². The molecule has 3 rings (SSSR count). The summed E-state index contributed by atoms with van der Waals surface area (Å²) in [7, 11) is 0. The molecule has 2 N–H and O–H groups in total. The molecule has 0 aromatic heterocycles. The van der Waals surface area contributed by atoms with Gasteiger partial charge in [0.15, 0.2) is 0 Å². The molecule has 2 aliphatic rings. The van der Waals surface area contributed by atoms with Gasteiger partial charge in [-0.05, 0) is 37.0 Å². The highest BCUT2D eigenvalue weighted by Gasteiger charge is 2.50. The molecule has 0 saturated heterocycles. The summed E-state index contributed by atoms with van der Waals surface area (Å²) in [6, 6.07) is 5.04. The third-order valence-corrected chi connectivity index (χ3v) is 3.82. The zero-order valence-electron chi connectivity index (χ0n) is 10.3. The smallest absolute Gasteiger partial charge is 0.261 e. The Balaban J connectivity index is 1.89. The number of carbonyl (C=O) groups is 2. The monoisotopic (exact) mass is 244 g/mol. The Hall–Kier alpha value is -1.84. The van der Waals surface area contributed by atoms with Crippen molar-refractivity contribution in [2.24, 2.45) is 5.92 Å². The van der Waals surface area contributed by atoms with Crippen molar-refractivity contribution < 1.29 is 9.59 Å². The van der Waals surface area contributed by atoms with Crippen LogP contribution in [0.2, 0.25) is 0 Å². The number of benzene rings is 1. The summed E-state index contributed by atoms with van der Waals surface area (Å²) >= 11 is 0. The molecule has 18 heavy (non-hydrogen) atoms. The van der Waals surface area contributed by atoms with Crippen LogP contribution in [0.3, 0.4) is 0 Å². The molecule has 1 fully saturated rings. The van der Waals surface area contributed by atoms with Crippen molar-refractivity contribution >= 4 is 17.5 Å². The maximum atomic E-state index is 12.2. The largest absolute Gasteiger partial charge is 0.399 e. The van der Waals surface area contributed by atoms with E-state index in [9.17, 15) is 9.59 Å². The second-order valence-electron chi connectivity index (χ2n) is 5.14. The van der Waals surface area contributed by atoms with E-state index in [0.29, 0.717) is 22.7 Å². The van der Waals surface area contributed by atoms with E-state index < -0.39 is 0 Å². The molecule has 0 spiro atoms. The summed E-state index contributed by atoms with van der Waals surface area (Å²) in [5.74, 6) is 0.166. The number of anilines is 1. The van der Waals surface area contributed by atoms with Gasteiger partial charge in [0.1, 0.15) is 0 Å². The number of rotatable bonds is 3. The van der Waals surface area contributed by atoms with Gasteiger partial charge in [-0.3, -0.25) is 14.5 Å². The third kappa shape index (κ3) is 1.52. The number of nitrogens with two attached hydrogens (primary N) is 1. The van der Waals surface area contributed by atoms with E-state index in [1.165, 1.54) is 4.90 Å². The molecule has 1 aromatic carbocycles. The lowest BCUT2D eigenvalue weighted by Gasteiger charge is -2.13. The molecule has 0 radical (unpaired) electrons. The Morgan fingerprint density at radius 2 is 2.00 bits per heavy atom. The SMILES string of the molecule is CCCC1CC1N1C(=O)c2ccc(N)cc2C1=O. The van der Waals surface area contributed by atoms with Crippen LogP contribution in [0.5, 0.6) is 0 Å². The zero-order chi connectivity index (χ0) is 12.9. The van der Waals surface area contributed by atoms with Crippen LogP contribution >= 0.6 is 0 Å². The average molecular weight is 244 g/mol. The van der Waals surface area contributed by atoms with Gasteiger partial charge in [-0.15, -0.1) is 0 Å². The van der Waals surface area contributed by atoms with E-state index in [-0.39, 0.29) is 17.9 Å². The number of nitrogen functional groups attached to an aromatic ring is 1. The van der Waals surface area contributed by atoms with Gasteiger partial charge in [0, 0.05) is 11.7 Å². The number of amides is 2. The lowest BCUT2D eigenvalue weighted by Crippen LogP contribution is -2.33. The summed E-state index contributed by atoms with van der Waals surface area (Å²) in [5.41, 5.74) is 7.15. The fraction of sp³-hybridized carbons (Fsp3) is 0.429. The van der Waals surface area contributed by atoms with Crippen molar-refractivity contribution in [1.29, 1.82) is 0 Å². The first kappa shape index (κ1) is 11.3. The molecule has 4 heteroatoms. The summed E-state index contributed by atoms with van der Waals surface area (Å²) in [4.78, 5) is 25.9. The molecule has 2 amide bonds. The molecule has 4 nitrogen and oxygen atoms in total. The van der Waals surface area contributed by atoms with Crippen LogP contribution in [-0.4, -0.2) is 22.8 Å². The van der Waals surface area contributed by atoms with Crippen LogP contribution in [-0.2, 0) is 0 Å². The average Bonchev–Trinajstić information content (AvgIpc) is 3.03. The van der Waals surface area contributed by atoms with Gasteiger partial charge in [-0.25, -0.2) is 0 Å². The molecular weight excluding hydrogens is 228 g/mol. The number of nitrogens with zero attached hydrogens (tertiary/aromatic N) is 1. The van der Waals surface area contributed by atoms with E-state index in [4.69, 9.17) is 5.73 Å². The van der Waals surface area contributed by atoms with Crippen molar-refractivity contribution in [3.63, 3.8) is 0 Å². The van der Waals surface area contributed by atoms with E-state index in [1.807, 2.05) is 0 Å². The number of hydrogen-bond acceptors (Lipinski definition) is 3. The molecule has 1 aliphatic carbocycles. The second kappa shape index (κ2) is 3.83. The molecule has 2 atom stereocenters. The van der Waals surface area contributed by atoms with Crippen molar-refractivity contribution in [2.75, 3.05) is 5.73 Å². The molecular formula is C14H16N2O2. The van der Waals surface area contributed by atoms with E-state index in [0.717, 1.165) is 19.3 Å². The number of imide groups is 1. The van der Waals surface area contributed by atoms with Crippen LogP contribution in [0.4, 0.5) is 5.69 Å². The van der Waals surface area contributed by atoms with Crippen LogP contribution in [0.25, 0.3) is 0 Å². The summed E-state index contributed by atoms with van der Waals surface area (Å²) in [6.45, 7) is 2.12. The van der Waals surface area contributed by atoms with Crippen LogP contribution < -0.4 is 5.73 Å². The van der Waals surface area contributed by atoms with Crippen molar-refractivity contribution in [2.45, 2.75) is 32.2 Å². The Bertz CT molecular complexity index is 539. The van der Waals surface area contributed by atoms with Crippen molar-refractivity contribution in [3.05, 3.63) is 29.3 Å². The van der Waals surface area contributed by atoms with Gasteiger partial charge in [0.05, 0.1) is 11.1 Å². The first-order chi connectivity index (χ1) is 8.63. The third-order valence-electron chi connectivity index (χ3n) is 3.82. The standard InChI is InChI=1S/C14H16N2O2/c1-2-3-8-6-12(8)16-13(17)10-5-4-9(15)7-11(10)14(16)18/h4-5,7-8,12H,2-3,6,15H2,1H3. The molecule has 2 unspecified atom stereocenters. The maximum absolute atomic E-state index is 12.2. The summed E-state index contributed by atoms with van der Waals surface area (Å²) in [6.07, 6.45) is 3.13. The maximum Gasteiger partial charge on any atom is 0.261 e. The molecule has 1 aromatic rings. The zero-order valence-corrected chi connectivity index (χ0v) is 10.3. The van der Waals surface area contributed by atoms with Gasteiger partial charge in [-0.2, -0.15) is 0 Å². The molecule has 1 saturated carbocycles. The second-order valence-corrected chi connectivity index (χ2v) is 5.14. The van der Waals surface area contributed by atoms with E-state index in [1.54, 1.807) is 18.2 Å². The molecule has 1 heterocycles. The fourth-order valence-corrected chi connectivity index (χ4v) is 2.81. The number of hydrogen-bond donors (Lipinski definition) is 1. The quantitative estimate of drug-likeness (QED) is 0.653. The molecule has 1 aliphatic heterocycles. The van der Waals surface area contributed by atoms with E-state index in [2.05, 4.69) is 6.92 Å². The summed E-state index contributed by atoms with van der Waals surface area (Å²) < 4.78 is 0. The normalized spacial score (nSPS) is 25.5. The predicted molar refractivity (Wildman–Crippen MR) is 68.2 cm³/mol. The molecule has 0 bridgehead atoms. The highest BCUT2D eigenvalue weighted by molar-refractivity contribution is 6.22. The van der Waals surface area contributed by atoms with Crippen molar-refractivity contribution in [3.8, 4) is 0 Å². The van der Waals surface area contributed by atoms with Gasteiger partial charge >= 0.3 is 0 Å². The van der Waals surface area contributed by atoms with Crippen LogP contribution in [0.1, 0.15) is 46.9 Å². The number of carbonyl (C=O) groups excluding carboxylic acids is 2. The topological polar surface area (TPSA) is 63.4 Å². The predicted octanol–water partition coefficient (Wildman–Crippen LogP) is 2.05. The fourth-order valence-electron chi connectivity index (χ4n) is 2.81. The minimum Gasteiger partial charge on any atom is -0.399 e. The Kier molecular flexibility index (Phi) is 2.40. The minimum absolute atomic E-state index is 0.110. The van der Waals surface area contributed by atoms with Crippen LogP contribution in [0, 0.1) is 5.92 Å². The number of fused-ring (bicyclic) bond motifs is 1. The van der Waals surface area contributed by atoms with Gasteiger partial charge in [-0.1, -0.05) is 13.3 Å². The highest BCUT2D eigenvalue weighted by atomic mass is 16.2. The van der Waals surface area contributed by atoms with Crippen molar-refractivity contribution in [1.82, 2.24) is 4.90 Å². The van der Waals surface area contributed by atoms with Gasteiger partial charge < -0.3 is 5.73 Å².